The lowest BCUT2D eigenvalue weighted by Gasteiger charge is -2.09. The number of carboxylic acids is 1. The smallest absolute Gasteiger partial charge is 0.309 e. The first kappa shape index (κ1) is 10.4. The number of hydrogen-bond acceptors (Lipinski definition) is 1. The van der Waals surface area contributed by atoms with Gasteiger partial charge in [0.2, 0.25) is 0 Å². The quantitative estimate of drug-likeness (QED) is 0.864. The zero-order valence-electron chi connectivity index (χ0n) is 7.96. The predicted molar refractivity (Wildman–Crippen MR) is 54.4 cm³/mol. The van der Waals surface area contributed by atoms with Crippen LogP contribution in [0, 0.1) is 11.2 Å². The molecule has 2 rings (SSSR count). The zero-order valence-corrected chi connectivity index (χ0v) is 8.72. The minimum atomic E-state index is -0.775. The summed E-state index contributed by atoms with van der Waals surface area (Å²) in [5, 5.41) is 9.03. The van der Waals surface area contributed by atoms with E-state index >= 15 is 0 Å². The molecule has 1 fully saturated rings. The second kappa shape index (κ2) is 3.49. The van der Waals surface area contributed by atoms with Gasteiger partial charge in [-0.25, -0.2) is 4.39 Å². The maximum Gasteiger partial charge on any atom is 0.309 e. The standard InChI is InChI=1S/C11H10ClFO2/c12-8-5-7(1-2-9(8)13)6-11(3-4-11)10(14)15/h1-2,5H,3-4,6H2,(H,14,15). The van der Waals surface area contributed by atoms with Gasteiger partial charge in [-0.2, -0.15) is 0 Å². The van der Waals surface area contributed by atoms with E-state index in [0.29, 0.717) is 19.3 Å². The van der Waals surface area contributed by atoms with E-state index in [-0.39, 0.29) is 5.02 Å². The first-order chi connectivity index (χ1) is 7.03. The van der Waals surface area contributed by atoms with Gasteiger partial charge < -0.3 is 5.11 Å². The molecule has 15 heavy (non-hydrogen) atoms. The van der Waals surface area contributed by atoms with Crippen molar-refractivity contribution < 1.29 is 14.3 Å². The van der Waals surface area contributed by atoms with E-state index in [0.717, 1.165) is 5.56 Å². The van der Waals surface area contributed by atoms with Gasteiger partial charge in [0, 0.05) is 0 Å². The number of rotatable bonds is 3. The number of hydrogen-bond donors (Lipinski definition) is 1. The van der Waals surface area contributed by atoms with Crippen molar-refractivity contribution in [1.29, 1.82) is 0 Å². The van der Waals surface area contributed by atoms with E-state index in [4.69, 9.17) is 16.7 Å². The van der Waals surface area contributed by atoms with Crippen molar-refractivity contribution in [3.63, 3.8) is 0 Å². The van der Waals surface area contributed by atoms with Crippen LogP contribution in [0.25, 0.3) is 0 Å². The lowest BCUT2D eigenvalue weighted by molar-refractivity contribution is -0.143. The summed E-state index contributed by atoms with van der Waals surface area (Å²) in [5.41, 5.74) is 0.155. The van der Waals surface area contributed by atoms with Gasteiger partial charge in [-0.05, 0) is 37.0 Å². The Labute approximate surface area is 91.7 Å². The van der Waals surface area contributed by atoms with Gasteiger partial charge in [0.25, 0.3) is 0 Å². The first-order valence-corrected chi connectivity index (χ1v) is 5.09. The molecular formula is C11H10ClFO2. The van der Waals surface area contributed by atoms with Crippen molar-refractivity contribution >= 4 is 17.6 Å². The Balaban J connectivity index is 2.18. The molecule has 0 amide bonds. The normalized spacial score (nSPS) is 17.5. The van der Waals surface area contributed by atoms with Crippen molar-refractivity contribution in [2.75, 3.05) is 0 Å². The maximum atomic E-state index is 12.9. The number of halogens is 2. The van der Waals surface area contributed by atoms with E-state index in [1.807, 2.05) is 0 Å². The third kappa shape index (κ3) is 1.97. The van der Waals surface area contributed by atoms with Crippen molar-refractivity contribution in [2.45, 2.75) is 19.3 Å². The number of carbonyl (C=O) groups is 1. The highest BCUT2D eigenvalue weighted by Gasteiger charge is 2.49. The van der Waals surface area contributed by atoms with E-state index in [1.165, 1.54) is 12.1 Å². The van der Waals surface area contributed by atoms with Crippen LogP contribution in [0.4, 0.5) is 4.39 Å². The van der Waals surface area contributed by atoms with E-state index in [9.17, 15) is 9.18 Å². The van der Waals surface area contributed by atoms with Gasteiger partial charge in [0.1, 0.15) is 5.82 Å². The van der Waals surface area contributed by atoms with Crippen LogP contribution >= 0.6 is 11.6 Å². The SMILES string of the molecule is O=C(O)C1(Cc2ccc(F)c(Cl)c2)CC1. The number of aliphatic carboxylic acids is 1. The molecule has 0 aromatic heterocycles. The van der Waals surface area contributed by atoms with E-state index in [2.05, 4.69) is 0 Å². The number of carboxylic acid groups (broad SMARTS) is 1. The summed E-state index contributed by atoms with van der Waals surface area (Å²) in [6.45, 7) is 0. The molecule has 0 atom stereocenters. The molecule has 0 aliphatic heterocycles. The van der Waals surface area contributed by atoms with Gasteiger partial charge in [0.05, 0.1) is 10.4 Å². The second-order valence-corrected chi connectivity index (χ2v) is 4.42. The Morgan fingerprint density at radius 2 is 2.20 bits per heavy atom. The maximum absolute atomic E-state index is 12.9. The summed E-state index contributed by atoms with van der Waals surface area (Å²) in [4.78, 5) is 10.9. The topological polar surface area (TPSA) is 37.3 Å². The van der Waals surface area contributed by atoms with Gasteiger partial charge in [-0.15, -0.1) is 0 Å². The average molecular weight is 229 g/mol. The molecule has 0 spiro atoms. The first-order valence-electron chi connectivity index (χ1n) is 4.71. The van der Waals surface area contributed by atoms with Crippen molar-refractivity contribution in [3.8, 4) is 0 Å². The molecule has 1 aliphatic carbocycles. The van der Waals surface area contributed by atoms with Crippen LogP contribution in [0.15, 0.2) is 18.2 Å². The van der Waals surface area contributed by atoms with Gasteiger partial charge in [0.15, 0.2) is 0 Å². The minimum Gasteiger partial charge on any atom is -0.481 e. The molecule has 1 aromatic carbocycles. The third-order valence-electron chi connectivity index (χ3n) is 2.83. The van der Waals surface area contributed by atoms with Gasteiger partial charge in [-0.1, -0.05) is 17.7 Å². The largest absolute Gasteiger partial charge is 0.481 e. The lowest BCUT2D eigenvalue weighted by Crippen LogP contribution is -2.17. The van der Waals surface area contributed by atoms with Gasteiger partial charge >= 0.3 is 5.97 Å². The molecule has 1 saturated carbocycles. The van der Waals surface area contributed by atoms with Crippen LogP contribution in [-0.2, 0) is 11.2 Å². The fourth-order valence-corrected chi connectivity index (χ4v) is 1.86. The second-order valence-electron chi connectivity index (χ2n) is 4.01. The summed E-state index contributed by atoms with van der Waals surface area (Å²) in [6.07, 6.45) is 1.82. The van der Waals surface area contributed by atoms with E-state index < -0.39 is 17.2 Å². The Kier molecular flexibility index (Phi) is 2.43. The van der Waals surface area contributed by atoms with Crippen LogP contribution in [0.3, 0.4) is 0 Å². The molecule has 4 heteroatoms. The summed E-state index contributed by atoms with van der Waals surface area (Å²) in [7, 11) is 0. The molecule has 0 heterocycles. The van der Waals surface area contributed by atoms with Crippen LogP contribution in [0.1, 0.15) is 18.4 Å². The molecule has 1 aliphatic rings. The Bertz CT molecular complexity index is 413. The van der Waals surface area contributed by atoms with Gasteiger partial charge in [-0.3, -0.25) is 4.79 Å². The summed E-state index contributed by atoms with van der Waals surface area (Å²) in [5.74, 6) is -1.25. The molecule has 0 bridgehead atoms. The molecular weight excluding hydrogens is 219 g/mol. The van der Waals surface area contributed by atoms with Crippen molar-refractivity contribution in [2.24, 2.45) is 5.41 Å². The molecule has 0 saturated heterocycles. The van der Waals surface area contributed by atoms with E-state index in [1.54, 1.807) is 6.07 Å². The summed E-state index contributed by atoms with van der Waals surface area (Å²) >= 11 is 5.62. The molecule has 0 unspecified atom stereocenters. The third-order valence-corrected chi connectivity index (χ3v) is 3.12. The van der Waals surface area contributed by atoms with Crippen molar-refractivity contribution in [3.05, 3.63) is 34.6 Å². The molecule has 2 nitrogen and oxygen atoms in total. The highest BCUT2D eigenvalue weighted by Crippen LogP contribution is 2.48. The minimum absolute atomic E-state index is 0.0497. The monoisotopic (exact) mass is 228 g/mol. The molecule has 1 N–H and O–H groups in total. The fraction of sp³-hybridized carbons (Fsp3) is 0.364. The molecule has 0 radical (unpaired) electrons. The van der Waals surface area contributed by atoms with Crippen LogP contribution in [0.5, 0.6) is 0 Å². The zero-order chi connectivity index (χ0) is 11.1. The summed E-state index contributed by atoms with van der Waals surface area (Å²) < 4.78 is 12.9. The Morgan fingerprint density at radius 1 is 1.53 bits per heavy atom. The predicted octanol–water partition coefficient (Wildman–Crippen LogP) is 2.89. The van der Waals surface area contributed by atoms with Crippen LogP contribution in [-0.4, -0.2) is 11.1 Å². The average Bonchev–Trinajstić information content (AvgIpc) is 2.93. The number of benzene rings is 1. The Hall–Kier alpha value is -1.09. The van der Waals surface area contributed by atoms with Crippen molar-refractivity contribution in [1.82, 2.24) is 0 Å². The summed E-state index contributed by atoms with van der Waals surface area (Å²) in [6, 6.07) is 4.36. The fourth-order valence-electron chi connectivity index (χ4n) is 1.66. The highest BCUT2D eigenvalue weighted by atomic mass is 35.5. The highest BCUT2D eigenvalue weighted by molar-refractivity contribution is 6.30. The Morgan fingerprint density at radius 3 is 2.67 bits per heavy atom. The molecule has 1 aromatic rings. The van der Waals surface area contributed by atoms with Crippen LogP contribution < -0.4 is 0 Å². The molecule has 80 valence electrons. The van der Waals surface area contributed by atoms with Crippen LogP contribution in [0.2, 0.25) is 5.02 Å². The lowest BCUT2D eigenvalue weighted by atomic mass is 9.97.